The summed E-state index contributed by atoms with van der Waals surface area (Å²) in [5.41, 5.74) is 1.60. The highest BCUT2D eigenvalue weighted by atomic mass is 32.7. The van der Waals surface area contributed by atoms with Crippen LogP contribution in [0.2, 0.25) is 0 Å². The zero-order chi connectivity index (χ0) is 41.7. The zero-order valence-electron chi connectivity index (χ0n) is 32.9. The predicted octanol–water partition coefficient (Wildman–Crippen LogP) is -0.697. The molecule has 1 aliphatic rings. The van der Waals surface area contributed by atoms with Gasteiger partial charge in [-0.05, 0) is 43.2 Å². The summed E-state index contributed by atoms with van der Waals surface area (Å²) in [7, 11) is 0. The van der Waals surface area contributed by atoms with Crippen molar-refractivity contribution in [2.75, 3.05) is 98.3 Å². The van der Waals surface area contributed by atoms with E-state index in [1.165, 1.54) is 4.90 Å². The molecule has 0 bridgehead atoms. The summed E-state index contributed by atoms with van der Waals surface area (Å²) in [5, 5.41) is 11.4. The van der Waals surface area contributed by atoms with Crippen LogP contribution in [0.3, 0.4) is 0 Å². The Morgan fingerprint density at radius 1 is 0.719 bits per heavy atom. The van der Waals surface area contributed by atoms with Gasteiger partial charge in [-0.15, -0.1) is 0 Å². The van der Waals surface area contributed by atoms with Crippen LogP contribution in [0, 0.1) is 5.92 Å². The number of carbonyl (C=O) groups is 4. The summed E-state index contributed by atoms with van der Waals surface area (Å²) in [6.45, 7) is 1.01. The molecule has 20 nitrogen and oxygen atoms in total. The van der Waals surface area contributed by atoms with Crippen LogP contribution in [0.15, 0.2) is 24.3 Å². The first kappa shape index (κ1) is 50.4. The molecule has 1 aliphatic carbocycles. The maximum Gasteiger partial charge on any atom is 0.254 e. The number of benzene rings is 1. The first-order valence-electron chi connectivity index (χ1n) is 19.1. The van der Waals surface area contributed by atoms with E-state index in [0.717, 1.165) is 11.1 Å². The summed E-state index contributed by atoms with van der Waals surface area (Å²) in [6.07, 6.45) is 2.88. The normalized spacial score (nSPS) is 17.1. The number of nitrogens with zero attached hydrogens (tertiary/aromatic N) is 1. The maximum atomic E-state index is 13.8. The fraction of sp³-hybridized carbons (Fsp3) is 0.714. The fourth-order valence-corrected chi connectivity index (χ4v) is 6.98. The van der Waals surface area contributed by atoms with Gasteiger partial charge in [-0.2, -0.15) is 0 Å². The Labute approximate surface area is 340 Å². The third-order valence-corrected chi connectivity index (χ3v) is 11.4. The highest BCUT2D eigenvalue weighted by molar-refractivity contribution is 8.46. The summed E-state index contributed by atoms with van der Waals surface area (Å²) >= 11 is 4.14. The van der Waals surface area contributed by atoms with E-state index in [-0.39, 0.29) is 117 Å². The monoisotopic (exact) mass is 850 g/mol. The van der Waals surface area contributed by atoms with E-state index in [4.69, 9.17) is 36.4 Å². The van der Waals surface area contributed by atoms with Gasteiger partial charge in [0.05, 0.1) is 84.7 Å². The van der Waals surface area contributed by atoms with Crippen LogP contribution in [-0.4, -0.2) is 139 Å². The molecule has 1 aromatic carbocycles. The van der Waals surface area contributed by atoms with Gasteiger partial charge >= 0.3 is 0 Å². The summed E-state index contributed by atoms with van der Waals surface area (Å²) in [5.74, 6) is 13.6. The predicted molar refractivity (Wildman–Crippen MR) is 213 cm³/mol. The van der Waals surface area contributed by atoms with Crippen molar-refractivity contribution in [2.24, 2.45) is 23.6 Å². The minimum absolute atomic E-state index is 0.0576. The molecule has 1 fully saturated rings. The van der Waals surface area contributed by atoms with Crippen LogP contribution in [0.5, 0.6) is 0 Å². The highest BCUT2D eigenvalue weighted by Gasteiger charge is 2.31. The molecular weight excluding hydrogens is 787 g/mol. The SMILES string of the molecule is CCP(=O)(S)O[C@H]1CC[C@@H](C(=O)NCc2ccc(C[C@@H](C(=O)NCCOCCON)N(CC(=O)NCCOCCON)CC(=O)NCCOCCON)cc2)CC1. The number of hydrogen-bond donors (Lipinski definition) is 8. The average molecular weight is 851 g/mol. The van der Waals surface area contributed by atoms with E-state index in [1.807, 2.05) is 24.3 Å². The van der Waals surface area contributed by atoms with Crippen molar-refractivity contribution < 1.29 is 57.0 Å². The molecule has 326 valence electrons. The molecule has 4 amide bonds. The van der Waals surface area contributed by atoms with Crippen molar-refractivity contribution in [2.45, 2.75) is 57.7 Å². The number of ether oxygens (including phenoxy) is 3. The van der Waals surface area contributed by atoms with Gasteiger partial charge in [0, 0.05) is 38.3 Å². The van der Waals surface area contributed by atoms with Gasteiger partial charge in [-0.1, -0.05) is 43.4 Å². The molecule has 1 aromatic rings. The quantitative estimate of drug-likeness (QED) is 0.0193. The number of thiol groups is 1. The average Bonchev–Trinajstić information content (AvgIpc) is 3.20. The number of hydrogen-bond acceptors (Lipinski definition) is 16. The van der Waals surface area contributed by atoms with Crippen LogP contribution in [0.25, 0.3) is 0 Å². The highest BCUT2D eigenvalue weighted by Crippen LogP contribution is 2.53. The van der Waals surface area contributed by atoms with Crippen LogP contribution >= 0.6 is 18.8 Å². The second-order valence-electron chi connectivity index (χ2n) is 13.1. The lowest BCUT2D eigenvalue weighted by Gasteiger charge is -2.30. The zero-order valence-corrected chi connectivity index (χ0v) is 34.7. The van der Waals surface area contributed by atoms with Crippen molar-refractivity contribution in [3.63, 3.8) is 0 Å². The number of rotatable bonds is 32. The maximum absolute atomic E-state index is 13.8. The first-order valence-corrected chi connectivity index (χ1v) is 22.1. The first-order chi connectivity index (χ1) is 27.5. The van der Waals surface area contributed by atoms with E-state index in [2.05, 4.69) is 48.0 Å². The third-order valence-electron chi connectivity index (χ3n) is 8.83. The smallest absolute Gasteiger partial charge is 0.254 e. The molecular formula is C35H63N8O12PS. The van der Waals surface area contributed by atoms with Gasteiger partial charge in [0.25, 0.3) is 6.57 Å². The van der Waals surface area contributed by atoms with Gasteiger partial charge in [0.2, 0.25) is 23.6 Å². The molecule has 1 saturated carbocycles. The minimum Gasteiger partial charge on any atom is -0.377 e. The van der Waals surface area contributed by atoms with Crippen LogP contribution in [0.1, 0.15) is 43.7 Å². The van der Waals surface area contributed by atoms with E-state index in [0.29, 0.717) is 38.4 Å². The van der Waals surface area contributed by atoms with Crippen molar-refractivity contribution in [3.8, 4) is 0 Å². The van der Waals surface area contributed by atoms with E-state index < -0.39 is 30.3 Å². The van der Waals surface area contributed by atoms with Crippen LogP contribution < -0.4 is 39.0 Å². The molecule has 0 radical (unpaired) electrons. The van der Waals surface area contributed by atoms with Gasteiger partial charge < -0.3 is 54.5 Å². The van der Waals surface area contributed by atoms with Gasteiger partial charge in [0.1, 0.15) is 0 Å². The second kappa shape index (κ2) is 30.3. The van der Waals surface area contributed by atoms with Crippen LogP contribution in [-0.2, 0) is 70.0 Å². The molecule has 10 N–H and O–H groups in total. The van der Waals surface area contributed by atoms with Gasteiger partial charge in [0.15, 0.2) is 0 Å². The number of nitrogens with two attached hydrogens (primary N) is 3. The molecule has 0 spiro atoms. The standard InChI is InChI=1S/C35H63N8O12PS/c1-2-56(48,57)55-30-9-7-29(8-10-30)34(46)42-24-28-5-3-27(4-6-28)23-31(35(47)41-13-16-51-19-22-54-38)43(25-32(44)39-11-14-49-17-20-52-36)26-33(45)40-12-15-50-18-21-53-37/h3-6,29-31H,2,7-26,36-38H2,1H3,(H,39,44)(H,40,45)(H,41,47)(H,42,46)(H,48,57)/t29-,30+,31-,56?/m0/s1. The Morgan fingerprint density at radius 3 is 1.67 bits per heavy atom. The lowest BCUT2D eigenvalue weighted by Crippen LogP contribution is -2.54. The molecule has 0 aromatic heterocycles. The van der Waals surface area contributed by atoms with Crippen molar-refractivity contribution in [1.82, 2.24) is 26.2 Å². The number of nitrogens with one attached hydrogen (secondary N) is 4. The second-order valence-corrected chi connectivity index (χ2v) is 17.1. The van der Waals surface area contributed by atoms with E-state index in [9.17, 15) is 23.7 Å². The Hall–Kier alpha value is -2.76. The van der Waals surface area contributed by atoms with E-state index >= 15 is 0 Å². The lowest BCUT2D eigenvalue weighted by atomic mass is 9.87. The Bertz CT molecular complexity index is 1320. The third kappa shape index (κ3) is 22.8. The summed E-state index contributed by atoms with van der Waals surface area (Å²) in [4.78, 5) is 68.0. The Balaban J connectivity index is 2.13. The van der Waals surface area contributed by atoms with Crippen LogP contribution in [0.4, 0.5) is 0 Å². The van der Waals surface area contributed by atoms with Crippen molar-refractivity contribution >= 4 is 42.4 Å². The Morgan fingerprint density at radius 2 is 1.19 bits per heavy atom. The summed E-state index contributed by atoms with van der Waals surface area (Å²) in [6, 6.07) is 6.43. The Kier molecular flexibility index (Phi) is 26.8. The van der Waals surface area contributed by atoms with E-state index in [1.54, 1.807) is 6.92 Å². The molecule has 2 rings (SSSR count). The molecule has 2 atom stereocenters. The minimum atomic E-state index is -2.90. The molecule has 1 unspecified atom stereocenters. The molecule has 0 heterocycles. The largest absolute Gasteiger partial charge is 0.377 e. The fourth-order valence-electron chi connectivity index (χ4n) is 5.75. The van der Waals surface area contributed by atoms with Gasteiger partial charge in [-0.3, -0.25) is 28.6 Å². The molecule has 22 heteroatoms. The lowest BCUT2D eigenvalue weighted by molar-refractivity contribution is -0.132. The molecule has 0 aliphatic heterocycles. The molecule has 57 heavy (non-hydrogen) atoms. The van der Waals surface area contributed by atoms with Crippen molar-refractivity contribution in [1.29, 1.82) is 0 Å². The number of carbonyl (C=O) groups excluding carboxylic acids is 4. The van der Waals surface area contributed by atoms with Gasteiger partial charge in [-0.25, -0.2) is 17.7 Å². The number of amides is 4. The molecule has 0 saturated heterocycles. The van der Waals surface area contributed by atoms with Crippen molar-refractivity contribution in [3.05, 3.63) is 35.4 Å². The summed E-state index contributed by atoms with van der Waals surface area (Å²) < 4.78 is 34.1. The topological polar surface area (TPSA) is 279 Å².